The molecule has 0 aliphatic rings. The molecule has 0 saturated carbocycles. The van der Waals surface area contributed by atoms with Gasteiger partial charge in [0.2, 0.25) is 0 Å². The monoisotopic (exact) mass is 236 g/mol. The van der Waals surface area contributed by atoms with Crippen molar-refractivity contribution in [2.75, 3.05) is 7.11 Å². The predicted molar refractivity (Wildman–Crippen MR) is 60.0 cm³/mol. The molecule has 0 aromatic heterocycles. The van der Waals surface area contributed by atoms with Crippen molar-refractivity contribution in [2.45, 2.75) is 0 Å². The molecule has 0 amide bonds. The lowest BCUT2D eigenvalue weighted by Gasteiger charge is -2.07. The van der Waals surface area contributed by atoms with E-state index in [-0.39, 0.29) is 5.75 Å². The Morgan fingerprint density at radius 1 is 1.00 bits per heavy atom. The molecule has 0 spiro atoms. The molecule has 0 atom stereocenters. The summed E-state index contributed by atoms with van der Waals surface area (Å²) in [5, 5.41) is 9.67. The second-order valence-electron chi connectivity index (χ2n) is 3.51. The summed E-state index contributed by atoms with van der Waals surface area (Å²) in [6.45, 7) is 0. The summed E-state index contributed by atoms with van der Waals surface area (Å²) in [5.74, 6) is -1.36. The van der Waals surface area contributed by atoms with Crippen molar-refractivity contribution in [1.29, 1.82) is 0 Å². The molecule has 0 saturated heterocycles. The maximum atomic E-state index is 13.1. The van der Waals surface area contributed by atoms with Crippen LogP contribution in [-0.4, -0.2) is 12.2 Å². The lowest BCUT2D eigenvalue weighted by Crippen LogP contribution is -1.88. The van der Waals surface area contributed by atoms with Gasteiger partial charge in [-0.25, -0.2) is 8.78 Å². The number of benzene rings is 2. The van der Waals surface area contributed by atoms with Gasteiger partial charge in [-0.1, -0.05) is 6.07 Å². The van der Waals surface area contributed by atoms with Gasteiger partial charge in [-0.3, -0.25) is 0 Å². The lowest BCUT2D eigenvalue weighted by atomic mass is 10.0. The zero-order valence-corrected chi connectivity index (χ0v) is 9.08. The van der Waals surface area contributed by atoms with Crippen molar-refractivity contribution >= 4 is 0 Å². The minimum absolute atomic E-state index is 0.0168. The SMILES string of the molecule is COc1ccc(O)c(-c2ccc(F)c(F)c2)c1. The van der Waals surface area contributed by atoms with Gasteiger partial charge in [-0.05, 0) is 35.9 Å². The van der Waals surface area contributed by atoms with Crippen LogP contribution >= 0.6 is 0 Å². The fraction of sp³-hybridized carbons (Fsp3) is 0.0769. The summed E-state index contributed by atoms with van der Waals surface area (Å²) in [5.41, 5.74) is 0.781. The highest BCUT2D eigenvalue weighted by molar-refractivity contribution is 5.71. The standard InChI is InChI=1S/C13H10F2O2/c1-17-9-3-5-13(16)10(7-9)8-2-4-11(14)12(15)6-8/h2-7,16H,1H3. The number of halogens is 2. The molecule has 0 radical (unpaired) electrons. The first-order valence-electron chi connectivity index (χ1n) is 4.94. The summed E-state index contributed by atoms with van der Waals surface area (Å²) in [6.07, 6.45) is 0. The Hall–Kier alpha value is -2.10. The van der Waals surface area contributed by atoms with Gasteiger partial charge in [0.25, 0.3) is 0 Å². The average Bonchev–Trinajstić information content (AvgIpc) is 2.33. The molecule has 0 unspecified atom stereocenters. The fourth-order valence-electron chi connectivity index (χ4n) is 1.54. The van der Waals surface area contributed by atoms with Crippen LogP contribution in [0.15, 0.2) is 36.4 Å². The zero-order valence-electron chi connectivity index (χ0n) is 9.08. The van der Waals surface area contributed by atoms with E-state index < -0.39 is 11.6 Å². The van der Waals surface area contributed by atoms with Crippen molar-refractivity contribution < 1.29 is 18.6 Å². The molecule has 2 aromatic carbocycles. The highest BCUT2D eigenvalue weighted by Gasteiger charge is 2.09. The molecule has 4 heteroatoms. The Morgan fingerprint density at radius 2 is 1.76 bits per heavy atom. The number of hydrogen-bond acceptors (Lipinski definition) is 2. The predicted octanol–water partition coefficient (Wildman–Crippen LogP) is 3.35. The van der Waals surface area contributed by atoms with Crippen LogP contribution in [0, 0.1) is 11.6 Å². The molecule has 0 bridgehead atoms. The first kappa shape index (κ1) is 11.4. The number of phenols is 1. The van der Waals surface area contributed by atoms with E-state index in [1.165, 1.54) is 19.2 Å². The molecular weight excluding hydrogens is 226 g/mol. The van der Waals surface area contributed by atoms with E-state index in [0.29, 0.717) is 16.9 Å². The molecule has 2 rings (SSSR count). The van der Waals surface area contributed by atoms with Crippen LogP contribution in [0.1, 0.15) is 0 Å². The van der Waals surface area contributed by atoms with Crippen LogP contribution in [-0.2, 0) is 0 Å². The van der Waals surface area contributed by atoms with E-state index in [2.05, 4.69) is 0 Å². The van der Waals surface area contributed by atoms with Crippen molar-refractivity contribution in [3.05, 3.63) is 48.0 Å². The summed E-state index contributed by atoms with van der Waals surface area (Å²) in [6, 6.07) is 8.02. The topological polar surface area (TPSA) is 29.5 Å². The number of phenolic OH excluding ortho intramolecular Hbond substituents is 1. The van der Waals surface area contributed by atoms with E-state index in [1.54, 1.807) is 12.1 Å². The highest BCUT2D eigenvalue weighted by Crippen LogP contribution is 2.33. The maximum absolute atomic E-state index is 13.1. The van der Waals surface area contributed by atoms with Crippen molar-refractivity contribution in [1.82, 2.24) is 0 Å². The molecule has 2 aromatic rings. The van der Waals surface area contributed by atoms with E-state index in [9.17, 15) is 13.9 Å². The molecule has 0 aliphatic heterocycles. The number of methoxy groups -OCH3 is 1. The van der Waals surface area contributed by atoms with Crippen molar-refractivity contribution in [3.63, 3.8) is 0 Å². The van der Waals surface area contributed by atoms with Crippen LogP contribution < -0.4 is 4.74 Å². The van der Waals surface area contributed by atoms with E-state index in [4.69, 9.17) is 4.74 Å². The molecule has 2 nitrogen and oxygen atoms in total. The lowest BCUT2D eigenvalue weighted by molar-refractivity contribution is 0.412. The highest BCUT2D eigenvalue weighted by atomic mass is 19.2. The summed E-state index contributed by atoms with van der Waals surface area (Å²) in [4.78, 5) is 0. The fourth-order valence-corrected chi connectivity index (χ4v) is 1.54. The van der Waals surface area contributed by atoms with Gasteiger partial charge in [0, 0.05) is 5.56 Å². The molecule has 0 aliphatic carbocycles. The Bertz CT molecular complexity index is 553. The van der Waals surface area contributed by atoms with Crippen LogP contribution in [0.2, 0.25) is 0 Å². The Kier molecular flexibility index (Phi) is 2.95. The Balaban J connectivity index is 2.55. The third-order valence-corrected chi connectivity index (χ3v) is 2.43. The molecule has 0 fully saturated rings. The van der Waals surface area contributed by atoms with Gasteiger partial charge >= 0.3 is 0 Å². The third kappa shape index (κ3) is 2.20. The van der Waals surface area contributed by atoms with Gasteiger partial charge < -0.3 is 9.84 Å². The first-order chi connectivity index (χ1) is 8.11. The van der Waals surface area contributed by atoms with Crippen LogP contribution in [0.3, 0.4) is 0 Å². The van der Waals surface area contributed by atoms with Gasteiger partial charge in [0.1, 0.15) is 11.5 Å². The molecule has 0 heterocycles. The van der Waals surface area contributed by atoms with E-state index >= 15 is 0 Å². The quantitative estimate of drug-likeness (QED) is 0.866. The number of hydrogen-bond donors (Lipinski definition) is 1. The second-order valence-corrected chi connectivity index (χ2v) is 3.51. The zero-order chi connectivity index (χ0) is 12.4. The van der Waals surface area contributed by atoms with Gasteiger partial charge in [0.05, 0.1) is 7.11 Å². The van der Waals surface area contributed by atoms with Gasteiger partial charge in [-0.15, -0.1) is 0 Å². The Labute approximate surface area is 97.1 Å². The van der Waals surface area contributed by atoms with Crippen molar-refractivity contribution in [3.8, 4) is 22.6 Å². The molecular formula is C13H10F2O2. The van der Waals surface area contributed by atoms with Gasteiger partial charge in [-0.2, -0.15) is 0 Å². The van der Waals surface area contributed by atoms with E-state index in [0.717, 1.165) is 12.1 Å². The first-order valence-corrected chi connectivity index (χ1v) is 4.94. The summed E-state index contributed by atoms with van der Waals surface area (Å²) < 4.78 is 30.9. The number of aromatic hydroxyl groups is 1. The van der Waals surface area contributed by atoms with Crippen LogP contribution in [0.5, 0.6) is 11.5 Å². The number of rotatable bonds is 2. The summed E-state index contributed by atoms with van der Waals surface area (Å²) >= 11 is 0. The third-order valence-electron chi connectivity index (χ3n) is 2.43. The maximum Gasteiger partial charge on any atom is 0.159 e. The van der Waals surface area contributed by atoms with Gasteiger partial charge in [0.15, 0.2) is 11.6 Å². The minimum atomic E-state index is -0.954. The molecule has 17 heavy (non-hydrogen) atoms. The smallest absolute Gasteiger partial charge is 0.159 e. The van der Waals surface area contributed by atoms with E-state index in [1.807, 2.05) is 0 Å². The molecule has 1 N–H and O–H groups in total. The number of ether oxygens (including phenoxy) is 1. The Morgan fingerprint density at radius 3 is 2.41 bits per heavy atom. The van der Waals surface area contributed by atoms with Crippen LogP contribution in [0.25, 0.3) is 11.1 Å². The largest absolute Gasteiger partial charge is 0.507 e. The summed E-state index contributed by atoms with van der Waals surface area (Å²) in [7, 11) is 1.49. The second kappa shape index (κ2) is 4.41. The normalized spacial score (nSPS) is 10.3. The average molecular weight is 236 g/mol. The van der Waals surface area contributed by atoms with Crippen molar-refractivity contribution in [2.24, 2.45) is 0 Å². The minimum Gasteiger partial charge on any atom is -0.507 e. The van der Waals surface area contributed by atoms with Crippen LogP contribution in [0.4, 0.5) is 8.78 Å². The molecule has 88 valence electrons.